The van der Waals surface area contributed by atoms with Crippen LogP contribution in [-0.4, -0.2) is 24.6 Å². The zero-order valence-electron chi connectivity index (χ0n) is 13.3. The first-order chi connectivity index (χ1) is 11.0. The van der Waals surface area contributed by atoms with E-state index in [1.54, 1.807) is 24.3 Å². The number of para-hydroxylation sites is 2. The molecule has 0 heterocycles. The van der Waals surface area contributed by atoms with Crippen LogP contribution in [0.2, 0.25) is 5.02 Å². The Morgan fingerprint density at radius 2 is 1.87 bits per heavy atom. The smallest absolute Gasteiger partial charge is 0.227 e. The van der Waals surface area contributed by atoms with Gasteiger partial charge in [0.15, 0.2) is 0 Å². The lowest BCUT2D eigenvalue weighted by Gasteiger charge is -2.21. The first-order valence-electron chi connectivity index (χ1n) is 7.54. The Morgan fingerprint density at radius 3 is 2.52 bits per heavy atom. The van der Waals surface area contributed by atoms with E-state index in [9.17, 15) is 9.90 Å². The van der Waals surface area contributed by atoms with Gasteiger partial charge in [-0.05, 0) is 36.8 Å². The van der Waals surface area contributed by atoms with Gasteiger partial charge in [0.05, 0.1) is 23.9 Å². The molecular formula is C18H21ClN2O2. The number of rotatable bonds is 6. The Balaban J connectivity index is 2.04. The maximum atomic E-state index is 12.2. The lowest BCUT2D eigenvalue weighted by molar-refractivity contribution is -0.118. The lowest BCUT2D eigenvalue weighted by Crippen LogP contribution is -2.20. The molecule has 0 fully saturated rings. The summed E-state index contributed by atoms with van der Waals surface area (Å²) in [5, 5.41) is 13.6. The first kappa shape index (κ1) is 17.3. The fourth-order valence-electron chi connectivity index (χ4n) is 2.26. The summed E-state index contributed by atoms with van der Waals surface area (Å²) in [5.41, 5.74) is 2.36. The zero-order valence-corrected chi connectivity index (χ0v) is 14.0. The molecule has 122 valence electrons. The molecule has 0 aromatic heterocycles. The van der Waals surface area contributed by atoms with Crippen molar-refractivity contribution in [3.05, 3.63) is 59.1 Å². The van der Waals surface area contributed by atoms with Crippen LogP contribution in [0.25, 0.3) is 0 Å². The average Bonchev–Trinajstić information content (AvgIpc) is 2.55. The topological polar surface area (TPSA) is 52.6 Å². The second-order valence-corrected chi connectivity index (χ2v) is 5.79. The Bertz CT molecular complexity index is 658. The minimum atomic E-state index is -0.858. The van der Waals surface area contributed by atoms with Crippen LogP contribution in [0.1, 0.15) is 25.0 Å². The highest BCUT2D eigenvalue weighted by Gasteiger charge is 2.15. The summed E-state index contributed by atoms with van der Waals surface area (Å²) in [6, 6.07) is 14.5. The number of aliphatic hydroxyl groups excluding tert-OH is 1. The van der Waals surface area contributed by atoms with Crippen molar-refractivity contribution >= 4 is 28.9 Å². The second-order valence-electron chi connectivity index (χ2n) is 5.35. The highest BCUT2D eigenvalue weighted by Crippen LogP contribution is 2.25. The highest BCUT2D eigenvalue weighted by atomic mass is 35.5. The molecule has 0 aliphatic carbocycles. The van der Waals surface area contributed by atoms with Gasteiger partial charge in [0.25, 0.3) is 0 Å². The molecule has 1 atom stereocenters. The highest BCUT2D eigenvalue weighted by molar-refractivity contribution is 6.30. The van der Waals surface area contributed by atoms with Crippen LogP contribution in [0.15, 0.2) is 48.5 Å². The van der Waals surface area contributed by atoms with Crippen LogP contribution in [0.5, 0.6) is 0 Å². The molecule has 0 saturated heterocycles. The van der Waals surface area contributed by atoms with E-state index in [2.05, 4.69) is 5.32 Å². The summed E-state index contributed by atoms with van der Waals surface area (Å²) in [6.45, 7) is 2.88. The van der Waals surface area contributed by atoms with Gasteiger partial charge < -0.3 is 15.3 Å². The number of halogens is 1. The molecular weight excluding hydrogens is 312 g/mol. The van der Waals surface area contributed by atoms with Crippen LogP contribution >= 0.6 is 11.6 Å². The fourth-order valence-corrected chi connectivity index (χ4v) is 2.39. The molecule has 0 radical (unpaired) electrons. The number of carbonyl (C=O) groups is 1. The molecule has 1 unspecified atom stereocenters. The maximum Gasteiger partial charge on any atom is 0.227 e. The Labute approximate surface area is 141 Å². The maximum absolute atomic E-state index is 12.2. The van der Waals surface area contributed by atoms with Gasteiger partial charge in [0.2, 0.25) is 5.91 Å². The number of aliphatic hydroxyl groups is 1. The van der Waals surface area contributed by atoms with Gasteiger partial charge in [-0.2, -0.15) is 0 Å². The van der Waals surface area contributed by atoms with E-state index in [4.69, 9.17) is 11.6 Å². The lowest BCUT2D eigenvalue weighted by atomic mass is 10.1. The number of carbonyl (C=O) groups excluding carboxylic acids is 1. The molecule has 0 bridgehead atoms. The van der Waals surface area contributed by atoms with Crippen molar-refractivity contribution < 1.29 is 9.90 Å². The molecule has 0 aliphatic rings. The van der Waals surface area contributed by atoms with Crippen molar-refractivity contribution in [3.8, 4) is 0 Å². The third-order valence-electron chi connectivity index (χ3n) is 3.70. The molecule has 5 heteroatoms. The Kier molecular flexibility index (Phi) is 6.02. The predicted molar refractivity (Wildman–Crippen MR) is 95.0 cm³/mol. The quantitative estimate of drug-likeness (QED) is 0.844. The van der Waals surface area contributed by atoms with Crippen LogP contribution < -0.4 is 10.2 Å². The number of nitrogens with one attached hydrogen (secondary N) is 1. The number of benzene rings is 2. The van der Waals surface area contributed by atoms with E-state index < -0.39 is 6.10 Å². The fraction of sp³-hybridized carbons (Fsp3) is 0.278. The van der Waals surface area contributed by atoms with E-state index >= 15 is 0 Å². The molecule has 0 saturated carbocycles. The predicted octanol–water partition coefficient (Wildman–Crippen LogP) is 3.86. The van der Waals surface area contributed by atoms with Crippen molar-refractivity contribution in [1.29, 1.82) is 0 Å². The summed E-state index contributed by atoms with van der Waals surface area (Å²) in [7, 11) is 1.97. The number of nitrogens with zero attached hydrogens (tertiary/aromatic N) is 1. The molecule has 0 aliphatic heterocycles. The number of anilines is 2. The Hall–Kier alpha value is -2.04. The molecule has 4 nitrogen and oxygen atoms in total. The molecule has 2 aromatic rings. The number of hydrogen-bond acceptors (Lipinski definition) is 3. The van der Waals surface area contributed by atoms with Crippen molar-refractivity contribution in [2.75, 3.05) is 23.8 Å². The SMILES string of the molecule is CCN(C)c1ccccc1NC(=O)CC(O)c1ccc(Cl)cc1. The summed E-state index contributed by atoms with van der Waals surface area (Å²) in [5.74, 6) is -0.232. The van der Waals surface area contributed by atoms with E-state index in [0.29, 0.717) is 10.6 Å². The monoisotopic (exact) mass is 332 g/mol. The summed E-state index contributed by atoms with van der Waals surface area (Å²) in [6.07, 6.45) is -0.866. The van der Waals surface area contributed by atoms with Crippen molar-refractivity contribution in [3.63, 3.8) is 0 Å². The minimum absolute atomic E-state index is 0.00813. The first-order valence-corrected chi connectivity index (χ1v) is 7.92. The van der Waals surface area contributed by atoms with Gasteiger partial charge >= 0.3 is 0 Å². The van der Waals surface area contributed by atoms with Crippen LogP contribution in [0, 0.1) is 0 Å². The Morgan fingerprint density at radius 1 is 1.22 bits per heavy atom. The van der Waals surface area contributed by atoms with Crippen molar-refractivity contribution in [2.45, 2.75) is 19.4 Å². The average molecular weight is 333 g/mol. The normalized spacial score (nSPS) is 11.8. The molecule has 2 rings (SSSR count). The standard InChI is InChI=1S/C18H21ClN2O2/c1-3-21(2)16-7-5-4-6-15(16)20-18(23)12-17(22)13-8-10-14(19)11-9-13/h4-11,17,22H,3,12H2,1-2H3,(H,20,23). The molecule has 2 N–H and O–H groups in total. The van der Waals surface area contributed by atoms with E-state index in [1.165, 1.54) is 0 Å². The van der Waals surface area contributed by atoms with E-state index in [1.807, 2.05) is 43.1 Å². The molecule has 1 amide bonds. The van der Waals surface area contributed by atoms with Gasteiger partial charge in [-0.3, -0.25) is 4.79 Å². The number of amides is 1. The molecule has 2 aromatic carbocycles. The van der Waals surface area contributed by atoms with Crippen LogP contribution in [-0.2, 0) is 4.79 Å². The van der Waals surface area contributed by atoms with Gasteiger partial charge in [-0.15, -0.1) is 0 Å². The number of hydrogen-bond donors (Lipinski definition) is 2. The van der Waals surface area contributed by atoms with Crippen molar-refractivity contribution in [2.24, 2.45) is 0 Å². The van der Waals surface area contributed by atoms with Crippen LogP contribution in [0.3, 0.4) is 0 Å². The third-order valence-corrected chi connectivity index (χ3v) is 3.95. The van der Waals surface area contributed by atoms with Gasteiger partial charge in [0, 0.05) is 18.6 Å². The van der Waals surface area contributed by atoms with Crippen molar-refractivity contribution in [1.82, 2.24) is 0 Å². The molecule has 23 heavy (non-hydrogen) atoms. The largest absolute Gasteiger partial charge is 0.388 e. The van der Waals surface area contributed by atoms with Crippen LogP contribution in [0.4, 0.5) is 11.4 Å². The third kappa shape index (κ3) is 4.71. The van der Waals surface area contributed by atoms with E-state index in [-0.39, 0.29) is 12.3 Å². The summed E-state index contributed by atoms with van der Waals surface area (Å²) >= 11 is 5.82. The van der Waals surface area contributed by atoms with Gasteiger partial charge in [0.1, 0.15) is 0 Å². The van der Waals surface area contributed by atoms with E-state index in [0.717, 1.165) is 17.9 Å². The summed E-state index contributed by atoms with van der Waals surface area (Å²) < 4.78 is 0. The second kappa shape index (κ2) is 7.99. The molecule has 0 spiro atoms. The zero-order chi connectivity index (χ0) is 16.8. The minimum Gasteiger partial charge on any atom is -0.388 e. The summed E-state index contributed by atoms with van der Waals surface area (Å²) in [4.78, 5) is 14.3. The van der Waals surface area contributed by atoms with Gasteiger partial charge in [-0.25, -0.2) is 0 Å². The van der Waals surface area contributed by atoms with Gasteiger partial charge in [-0.1, -0.05) is 35.9 Å².